The van der Waals surface area contributed by atoms with E-state index in [-0.39, 0.29) is 0 Å². The van der Waals surface area contributed by atoms with Gasteiger partial charge in [0.05, 0.1) is 6.07 Å². The van der Waals surface area contributed by atoms with E-state index in [9.17, 15) is 0 Å². The van der Waals surface area contributed by atoms with Crippen LogP contribution in [-0.2, 0) is 0 Å². The van der Waals surface area contributed by atoms with Crippen LogP contribution in [0.2, 0.25) is 0 Å². The number of hydrazine groups is 1. The van der Waals surface area contributed by atoms with Crippen LogP contribution in [0.3, 0.4) is 0 Å². The molecule has 0 aromatic rings. The molecule has 0 radical (unpaired) electrons. The Morgan fingerprint density at radius 2 is 2.36 bits per heavy atom. The number of nitrogens with one attached hydrogen (secondary N) is 1. The Hall–Kier alpha value is -0.590. The molecular weight excluding hydrogens is 138 g/mol. The zero-order chi connectivity index (χ0) is 7.94. The zero-order valence-corrected chi connectivity index (χ0v) is 6.84. The Morgan fingerprint density at radius 1 is 1.45 bits per heavy atom. The van der Waals surface area contributed by atoms with Crippen LogP contribution in [0.4, 0.5) is 0 Å². The molecule has 0 spiro atoms. The molecule has 0 unspecified atom stereocenters. The highest BCUT2D eigenvalue weighted by atomic mass is 15.5. The third-order valence-corrected chi connectivity index (χ3v) is 1.91. The zero-order valence-electron chi connectivity index (χ0n) is 6.84. The second-order valence-electron chi connectivity index (χ2n) is 2.86. The van der Waals surface area contributed by atoms with Gasteiger partial charge in [-0.1, -0.05) is 0 Å². The first-order valence-corrected chi connectivity index (χ1v) is 4.29. The maximum Gasteiger partial charge on any atom is 0.0622 e. The maximum atomic E-state index is 8.31. The van der Waals surface area contributed by atoms with E-state index in [1.807, 2.05) is 0 Å². The first-order valence-electron chi connectivity index (χ1n) is 4.29. The van der Waals surface area contributed by atoms with E-state index < -0.39 is 0 Å². The molecule has 0 saturated carbocycles. The second kappa shape index (κ2) is 5.11. The van der Waals surface area contributed by atoms with Gasteiger partial charge in [-0.25, -0.2) is 5.01 Å². The molecule has 0 amide bonds. The molecule has 0 aromatic heterocycles. The van der Waals surface area contributed by atoms with Crippen LogP contribution >= 0.6 is 0 Å². The SMILES string of the molecule is N#CCCCN1CCCCN1. The molecule has 1 fully saturated rings. The molecule has 0 aliphatic carbocycles. The van der Waals surface area contributed by atoms with Gasteiger partial charge in [0.1, 0.15) is 0 Å². The van der Waals surface area contributed by atoms with E-state index in [2.05, 4.69) is 16.5 Å². The van der Waals surface area contributed by atoms with Crippen LogP contribution in [0, 0.1) is 11.3 Å². The predicted molar refractivity (Wildman–Crippen MR) is 43.7 cm³/mol. The average Bonchev–Trinajstić information content (AvgIpc) is 2.07. The lowest BCUT2D eigenvalue weighted by molar-refractivity contribution is 0.152. The van der Waals surface area contributed by atoms with Crippen molar-refractivity contribution in [3.8, 4) is 6.07 Å². The van der Waals surface area contributed by atoms with Crippen LogP contribution in [0.25, 0.3) is 0 Å². The number of nitrogens with zero attached hydrogens (tertiary/aromatic N) is 2. The fourth-order valence-electron chi connectivity index (χ4n) is 1.28. The lowest BCUT2D eigenvalue weighted by Gasteiger charge is -2.27. The lowest BCUT2D eigenvalue weighted by Crippen LogP contribution is -2.43. The highest BCUT2D eigenvalue weighted by Crippen LogP contribution is 2.00. The standard InChI is InChI=1S/C8H15N3/c9-5-1-3-7-11-8-4-2-6-10-11/h10H,1-4,6-8H2. The molecule has 1 aliphatic rings. The second-order valence-corrected chi connectivity index (χ2v) is 2.86. The molecule has 1 N–H and O–H groups in total. The highest BCUT2D eigenvalue weighted by molar-refractivity contribution is 4.70. The summed E-state index contributed by atoms with van der Waals surface area (Å²) in [7, 11) is 0. The van der Waals surface area contributed by atoms with Gasteiger partial charge in [0.25, 0.3) is 0 Å². The third-order valence-electron chi connectivity index (χ3n) is 1.91. The van der Waals surface area contributed by atoms with Gasteiger partial charge in [0.2, 0.25) is 0 Å². The van der Waals surface area contributed by atoms with Crippen molar-refractivity contribution in [2.75, 3.05) is 19.6 Å². The number of unbranched alkanes of at least 4 members (excludes halogenated alkanes) is 1. The summed E-state index contributed by atoms with van der Waals surface area (Å²) >= 11 is 0. The number of hydrogen-bond donors (Lipinski definition) is 1. The highest BCUT2D eigenvalue weighted by Gasteiger charge is 2.07. The Labute approximate surface area is 68.0 Å². The van der Waals surface area contributed by atoms with E-state index in [0.717, 1.165) is 26.1 Å². The summed E-state index contributed by atoms with van der Waals surface area (Å²) in [5.74, 6) is 0. The third kappa shape index (κ3) is 3.35. The van der Waals surface area contributed by atoms with E-state index in [1.165, 1.54) is 12.8 Å². The molecule has 1 aliphatic heterocycles. The molecular formula is C8H15N3. The smallest absolute Gasteiger partial charge is 0.0622 e. The van der Waals surface area contributed by atoms with Gasteiger partial charge in [-0.15, -0.1) is 0 Å². The summed E-state index contributed by atoms with van der Waals surface area (Å²) in [5, 5.41) is 10.5. The van der Waals surface area contributed by atoms with Crippen molar-refractivity contribution in [3.05, 3.63) is 0 Å². The normalized spacial score (nSPS) is 19.5. The van der Waals surface area contributed by atoms with Gasteiger partial charge in [0, 0.05) is 26.1 Å². The van der Waals surface area contributed by atoms with Crippen LogP contribution in [-0.4, -0.2) is 24.6 Å². The molecule has 11 heavy (non-hydrogen) atoms. The number of nitriles is 1. The predicted octanol–water partition coefficient (Wildman–Crippen LogP) is 0.891. The minimum absolute atomic E-state index is 0.679. The lowest BCUT2D eigenvalue weighted by atomic mass is 10.2. The average molecular weight is 153 g/mol. The molecule has 62 valence electrons. The van der Waals surface area contributed by atoms with Gasteiger partial charge >= 0.3 is 0 Å². The monoisotopic (exact) mass is 153 g/mol. The summed E-state index contributed by atoms with van der Waals surface area (Å²) in [5.41, 5.74) is 3.30. The summed E-state index contributed by atoms with van der Waals surface area (Å²) < 4.78 is 0. The molecule has 0 bridgehead atoms. The van der Waals surface area contributed by atoms with Crippen molar-refractivity contribution in [1.82, 2.24) is 10.4 Å². The summed E-state index contributed by atoms with van der Waals surface area (Å²) in [6, 6.07) is 2.15. The fraction of sp³-hybridized carbons (Fsp3) is 0.875. The first-order chi connectivity index (χ1) is 5.43. The molecule has 0 atom stereocenters. The largest absolute Gasteiger partial charge is 0.255 e. The molecule has 3 nitrogen and oxygen atoms in total. The van der Waals surface area contributed by atoms with Gasteiger partial charge in [0.15, 0.2) is 0 Å². The van der Waals surface area contributed by atoms with Crippen molar-refractivity contribution in [2.45, 2.75) is 25.7 Å². The van der Waals surface area contributed by atoms with Crippen LogP contribution in [0.1, 0.15) is 25.7 Å². The van der Waals surface area contributed by atoms with E-state index in [1.54, 1.807) is 0 Å². The number of rotatable bonds is 3. The molecule has 3 heteroatoms. The summed E-state index contributed by atoms with van der Waals surface area (Å²) in [4.78, 5) is 0. The van der Waals surface area contributed by atoms with E-state index in [0.29, 0.717) is 6.42 Å². The van der Waals surface area contributed by atoms with E-state index in [4.69, 9.17) is 5.26 Å². The first kappa shape index (κ1) is 8.51. The minimum Gasteiger partial charge on any atom is -0.255 e. The summed E-state index contributed by atoms with van der Waals surface area (Å²) in [6.45, 7) is 3.27. The molecule has 1 saturated heterocycles. The topological polar surface area (TPSA) is 39.1 Å². The van der Waals surface area contributed by atoms with Crippen LogP contribution < -0.4 is 5.43 Å². The molecule has 0 aromatic carbocycles. The van der Waals surface area contributed by atoms with Crippen molar-refractivity contribution in [2.24, 2.45) is 0 Å². The Morgan fingerprint density at radius 3 is 3.00 bits per heavy atom. The van der Waals surface area contributed by atoms with Gasteiger partial charge in [-0.3, -0.25) is 5.43 Å². The molecule has 1 rings (SSSR count). The van der Waals surface area contributed by atoms with Crippen molar-refractivity contribution in [1.29, 1.82) is 5.26 Å². The van der Waals surface area contributed by atoms with Gasteiger partial charge < -0.3 is 0 Å². The maximum absolute atomic E-state index is 8.31. The Balaban J connectivity index is 2.01. The fourth-order valence-corrected chi connectivity index (χ4v) is 1.28. The van der Waals surface area contributed by atoms with Gasteiger partial charge in [-0.05, 0) is 19.3 Å². The van der Waals surface area contributed by atoms with Crippen LogP contribution in [0.5, 0.6) is 0 Å². The molecule has 1 heterocycles. The van der Waals surface area contributed by atoms with Crippen molar-refractivity contribution in [3.63, 3.8) is 0 Å². The number of hydrogen-bond acceptors (Lipinski definition) is 3. The van der Waals surface area contributed by atoms with E-state index >= 15 is 0 Å². The Bertz CT molecular complexity index is 133. The van der Waals surface area contributed by atoms with Crippen molar-refractivity contribution < 1.29 is 0 Å². The quantitative estimate of drug-likeness (QED) is 0.612. The Kier molecular flexibility index (Phi) is 3.95. The van der Waals surface area contributed by atoms with Crippen LogP contribution in [0.15, 0.2) is 0 Å². The van der Waals surface area contributed by atoms with Crippen molar-refractivity contribution >= 4 is 0 Å². The minimum atomic E-state index is 0.679. The van der Waals surface area contributed by atoms with Gasteiger partial charge in [-0.2, -0.15) is 5.26 Å². The summed E-state index contributed by atoms with van der Waals surface area (Å²) in [6.07, 6.45) is 4.25.